The fourth-order valence-corrected chi connectivity index (χ4v) is 1.35. The van der Waals surface area contributed by atoms with Gasteiger partial charge < -0.3 is 9.52 Å². The highest BCUT2D eigenvalue weighted by Gasteiger charge is 2.03. The molecule has 5 nitrogen and oxygen atoms in total. The smallest absolute Gasteiger partial charge is 0.271 e. The van der Waals surface area contributed by atoms with Gasteiger partial charge in [-0.3, -0.25) is 4.79 Å². The Hall–Kier alpha value is -2.56. The number of carbonyl (C=O) groups is 1. The quantitative estimate of drug-likeness (QED) is 0.641. The second kappa shape index (κ2) is 5.18. The first-order valence-electron chi connectivity index (χ1n) is 5.34. The highest BCUT2D eigenvalue weighted by Crippen LogP contribution is 2.09. The Kier molecular flexibility index (Phi) is 3.43. The van der Waals surface area contributed by atoms with Crippen molar-refractivity contribution >= 4 is 12.1 Å². The first kappa shape index (κ1) is 11.9. The van der Waals surface area contributed by atoms with Gasteiger partial charge in [0.2, 0.25) is 0 Å². The molecule has 2 N–H and O–H groups in total. The predicted molar refractivity (Wildman–Crippen MR) is 66.6 cm³/mol. The van der Waals surface area contributed by atoms with Gasteiger partial charge in [-0.15, -0.1) is 0 Å². The van der Waals surface area contributed by atoms with Gasteiger partial charge >= 0.3 is 0 Å². The van der Waals surface area contributed by atoms with Gasteiger partial charge in [-0.25, -0.2) is 5.43 Å². The number of nitrogens with zero attached hydrogens (tertiary/aromatic N) is 1. The van der Waals surface area contributed by atoms with Crippen molar-refractivity contribution in [2.75, 3.05) is 0 Å². The number of rotatable bonds is 3. The number of hydrogen-bond acceptors (Lipinski definition) is 4. The van der Waals surface area contributed by atoms with E-state index in [0.717, 1.165) is 5.76 Å². The van der Waals surface area contributed by atoms with E-state index >= 15 is 0 Å². The maximum atomic E-state index is 11.6. The summed E-state index contributed by atoms with van der Waals surface area (Å²) in [6, 6.07) is 9.46. The predicted octanol–water partition coefficient (Wildman–Crippen LogP) is 2.06. The standard InChI is InChI=1S/C13H12N2O3/c1-9-2-7-12(18-9)8-14-15-13(17)10-3-5-11(16)6-4-10/h2-8,16H,1H3,(H,15,17)/b14-8-. The van der Waals surface area contributed by atoms with Crippen LogP contribution >= 0.6 is 0 Å². The SMILES string of the molecule is Cc1ccc(/C=N\NC(=O)c2ccc(O)cc2)o1. The van der Waals surface area contributed by atoms with E-state index in [9.17, 15) is 4.79 Å². The van der Waals surface area contributed by atoms with E-state index in [-0.39, 0.29) is 11.7 Å². The molecule has 0 aliphatic carbocycles. The minimum Gasteiger partial charge on any atom is -0.508 e. The number of carbonyl (C=O) groups excluding carboxylic acids is 1. The van der Waals surface area contributed by atoms with Crippen molar-refractivity contribution in [1.82, 2.24) is 5.43 Å². The number of nitrogens with one attached hydrogen (secondary N) is 1. The Morgan fingerprint density at radius 1 is 1.28 bits per heavy atom. The van der Waals surface area contributed by atoms with Crippen LogP contribution in [-0.2, 0) is 0 Å². The molecule has 92 valence electrons. The summed E-state index contributed by atoms with van der Waals surface area (Å²) in [6.07, 6.45) is 1.42. The molecule has 5 heteroatoms. The van der Waals surface area contributed by atoms with E-state index in [4.69, 9.17) is 9.52 Å². The summed E-state index contributed by atoms with van der Waals surface area (Å²) in [7, 11) is 0. The van der Waals surface area contributed by atoms with Crippen molar-refractivity contribution in [3.63, 3.8) is 0 Å². The van der Waals surface area contributed by atoms with Crippen LogP contribution in [0.25, 0.3) is 0 Å². The van der Waals surface area contributed by atoms with Crippen LogP contribution in [0.4, 0.5) is 0 Å². The molecule has 0 saturated carbocycles. The minimum absolute atomic E-state index is 0.112. The number of furan rings is 1. The molecule has 1 aromatic carbocycles. The molecule has 0 aliphatic rings. The van der Waals surface area contributed by atoms with Gasteiger partial charge in [-0.05, 0) is 43.3 Å². The Bertz CT molecular complexity index is 570. The molecular formula is C13H12N2O3. The molecule has 0 unspecified atom stereocenters. The van der Waals surface area contributed by atoms with Crippen LogP contribution in [0, 0.1) is 6.92 Å². The van der Waals surface area contributed by atoms with Crippen LogP contribution in [0.3, 0.4) is 0 Å². The molecule has 0 atom stereocenters. The topological polar surface area (TPSA) is 74.8 Å². The van der Waals surface area contributed by atoms with Crippen LogP contribution in [-0.4, -0.2) is 17.2 Å². The van der Waals surface area contributed by atoms with Gasteiger partial charge in [0.15, 0.2) is 0 Å². The lowest BCUT2D eigenvalue weighted by atomic mass is 10.2. The number of benzene rings is 1. The van der Waals surface area contributed by atoms with Crippen molar-refractivity contribution in [2.45, 2.75) is 6.92 Å². The largest absolute Gasteiger partial charge is 0.508 e. The third-order valence-electron chi connectivity index (χ3n) is 2.25. The van der Waals surface area contributed by atoms with E-state index in [1.807, 2.05) is 13.0 Å². The van der Waals surface area contributed by atoms with E-state index in [0.29, 0.717) is 11.3 Å². The molecule has 0 spiro atoms. The third kappa shape index (κ3) is 2.98. The fourth-order valence-electron chi connectivity index (χ4n) is 1.35. The summed E-state index contributed by atoms with van der Waals surface area (Å²) in [5.74, 6) is 1.11. The summed E-state index contributed by atoms with van der Waals surface area (Å²) < 4.78 is 5.25. The Morgan fingerprint density at radius 3 is 2.61 bits per heavy atom. The molecular weight excluding hydrogens is 232 g/mol. The number of phenolic OH excluding ortho intramolecular Hbond substituents is 1. The first-order chi connectivity index (χ1) is 8.65. The number of phenols is 1. The minimum atomic E-state index is -0.352. The molecule has 1 amide bonds. The zero-order valence-electron chi connectivity index (χ0n) is 9.75. The van der Waals surface area contributed by atoms with Gasteiger partial charge in [0.05, 0.1) is 6.21 Å². The second-order valence-corrected chi connectivity index (χ2v) is 3.69. The Balaban J connectivity index is 1.96. The van der Waals surface area contributed by atoms with Gasteiger partial charge in [-0.2, -0.15) is 5.10 Å². The molecule has 1 heterocycles. The van der Waals surface area contributed by atoms with Crippen LogP contribution in [0.5, 0.6) is 5.75 Å². The maximum absolute atomic E-state index is 11.6. The molecule has 0 aliphatic heterocycles. The average Bonchev–Trinajstić information content (AvgIpc) is 2.76. The zero-order chi connectivity index (χ0) is 13.0. The van der Waals surface area contributed by atoms with Crippen molar-refractivity contribution in [1.29, 1.82) is 0 Å². The van der Waals surface area contributed by atoms with Gasteiger partial charge in [0.1, 0.15) is 17.3 Å². The van der Waals surface area contributed by atoms with Crippen LogP contribution in [0.15, 0.2) is 45.9 Å². The molecule has 2 rings (SSSR count). The number of amides is 1. The molecule has 2 aromatic rings. The third-order valence-corrected chi connectivity index (χ3v) is 2.25. The summed E-state index contributed by atoms with van der Waals surface area (Å²) in [5.41, 5.74) is 2.78. The second-order valence-electron chi connectivity index (χ2n) is 3.69. The number of aryl methyl sites for hydroxylation is 1. The monoisotopic (exact) mass is 244 g/mol. The van der Waals surface area contributed by atoms with Crippen molar-refractivity contribution in [3.05, 3.63) is 53.5 Å². The normalized spacial score (nSPS) is 10.7. The van der Waals surface area contributed by atoms with E-state index < -0.39 is 0 Å². The van der Waals surface area contributed by atoms with Crippen LogP contribution in [0.1, 0.15) is 21.9 Å². The zero-order valence-corrected chi connectivity index (χ0v) is 9.75. The molecule has 1 aromatic heterocycles. The van der Waals surface area contributed by atoms with E-state index in [2.05, 4.69) is 10.5 Å². The van der Waals surface area contributed by atoms with Crippen LogP contribution < -0.4 is 5.43 Å². The van der Waals surface area contributed by atoms with Crippen molar-refractivity contribution in [3.8, 4) is 5.75 Å². The lowest BCUT2D eigenvalue weighted by molar-refractivity contribution is 0.0955. The summed E-state index contributed by atoms with van der Waals surface area (Å²) >= 11 is 0. The Morgan fingerprint density at radius 2 is 2.00 bits per heavy atom. The number of aromatic hydroxyl groups is 1. The molecule has 0 saturated heterocycles. The van der Waals surface area contributed by atoms with Gasteiger partial charge in [-0.1, -0.05) is 0 Å². The molecule has 0 radical (unpaired) electrons. The lowest BCUT2D eigenvalue weighted by Gasteiger charge is -1.99. The molecule has 0 bridgehead atoms. The number of hydrogen-bond donors (Lipinski definition) is 2. The van der Waals surface area contributed by atoms with Crippen molar-refractivity contribution in [2.24, 2.45) is 5.10 Å². The summed E-state index contributed by atoms with van der Waals surface area (Å²) in [4.78, 5) is 11.6. The molecule has 18 heavy (non-hydrogen) atoms. The fraction of sp³-hybridized carbons (Fsp3) is 0.0769. The van der Waals surface area contributed by atoms with E-state index in [1.54, 1.807) is 6.07 Å². The van der Waals surface area contributed by atoms with Crippen LogP contribution in [0.2, 0.25) is 0 Å². The average molecular weight is 244 g/mol. The highest BCUT2D eigenvalue weighted by molar-refractivity contribution is 5.94. The number of hydrazone groups is 1. The van der Waals surface area contributed by atoms with E-state index in [1.165, 1.54) is 30.5 Å². The highest BCUT2D eigenvalue weighted by atomic mass is 16.3. The summed E-state index contributed by atoms with van der Waals surface area (Å²) in [5, 5.41) is 12.9. The Labute approximate surface area is 104 Å². The van der Waals surface area contributed by atoms with Gasteiger partial charge in [0, 0.05) is 5.56 Å². The maximum Gasteiger partial charge on any atom is 0.271 e. The summed E-state index contributed by atoms with van der Waals surface area (Å²) in [6.45, 7) is 1.83. The van der Waals surface area contributed by atoms with Crippen molar-refractivity contribution < 1.29 is 14.3 Å². The van der Waals surface area contributed by atoms with Gasteiger partial charge in [0.25, 0.3) is 5.91 Å². The lowest BCUT2D eigenvalue weighted by Crippen LogP contribution is -2.17. The molecule has 0 fully saturated rings. The first-order valence-corrected chi connectivity index (χ1v) is 5.34.